The monoisotopic (exact) mass is 821 g/mol. The van der Waals surface area contributed by atoms with Crippen molar-refractivity contribution in [3.8, 4) is 0 Å². The van der Waals surface area contributed by atoms with Gasteiger partial charge >= 0.3 is 17.9 Å². The van der Waals surface area contributed by atoms with Crippen molar-refractivity contribution in [2.45, 2.75) is 238 Å². The van der Waals surface area contributed by atoms with Crippen LogP contribution in [0.25, 0.3) is 0 Å². The number of carboxylic acid groups (broad SMARTS) is 1. The van der Waals surface area contributed by atoms with Crippen LogP contribution < -0.4 is 0 Å². The van der Waals surface area contributed by atoms with Gasteiger partial charge in [0, 0.05) is 19.3 Å². The first-order chi connectivity index (χ1) is 28.1. The van der Waals surface area contributed by atoms with Crippen LogP contribution in [0, 0.1) is 0 Å². The van der Waals surface area contributed by atoms with E-state index >= 15 is 0 Å². The minimum atomic E-state index is -0.873. The van der Waals surface area contributed by atoms with Crippen LogP contribution in [0.2, 0.25) is 0 Å². The maximum absolute atomic E-state index is 12.8. The molecule has 8 nitrogen and oxygen atoms in total. The summed E-state index contributed by atoms with van der Waals surface area (Å²) in [6.45, 7) is 4.74. The third-order valence-electron chi connectivity index (χ3n) is 11.1. The summed E-state index contributed by atoms with van der Waals surface area (Å²) in [5.74, 6) is -1.46. The molecule has 340 valence electrons. The van der Waals surface area contributed by atoms with Gasteiger partial charge in [-0.1, -0.05) is 186 Å². The van der Waals surface area contributed by atoms with Crippen LogP contribution in [0.3, 0.4) is 0 Å². The summed E-state index contributed by atoms with van der Waals surface area (Å²) in [5.41, 5.74) is 0. The molecule has 8 heteroatoms. The molecule has 0 spiro atoms. The molecule has 2 unspecified atom stereocenters. The van der Waals surface area contributed by atoms with Crippen molar-refractivity contribution in [2.75, 3.05) is 41.0 Å². The summed E-state index contributed by atoms with van der Waals surface area (Å²) in [6.07, 6.45) is 46.4. The summed E-state index contributed by atoms with van der Waals surface area (Å²) >= 11 is 0. The van der Waals surface area contributed by atoms with Gasteiger partial charge in [0.1, 0.15) is 6.61 Å². The lowest BCUT2D eigenvalue weighted by Crippen LogP contribution is -2.50. The Morgan fingerprint density at radius 2 is 0.914 bits per heavy atom. The standard InChI is InChI=1S/C50H93NO7/c1-6-8-10-12-14-16-18-20-22-23-24-25-27-29-31-33-35-37-39-41-49(53)58-46(44-56-43-42-47(50(54)55)51(3,4)5)45-57-48(52)40-38-36-34-32-30-28-26-21-19-17-15-13-11-9-7-2/h14,16,20,22,46-47H,6-13,15,17-19,21,23-45H2,1-5H3/p+1/b16-14-,22-20-. The number of hydrogen-bond donors (Lipinski definition) is 1. The van der Waals surface area contributed by atoms with Crippen LogP contribution in [0.1, 0.15) is 226 Å². The summed E-state index contributed by atoms with van der Waals surface area (Å²) < 4.78 is 17.3. The molecule has 0 amide bonds. The minimum absolute atomic E-state index is 0.0478. The molecule has 2 atom stereocenters. The number of esters is 2. The molecule has 0 rings (SSSR count). The van der Waals surface area contributed by atoms with Crippen LogP contribution in [0.4, 0.5) is 0 Å². The Labute approximate surface area is 358 Å². The Bertz CT molecular complexity index is 1000. The van der Waals surface area contributed by atoms with Crippen LogP contribution in [-0.2, 0) is 28.6 Å². The normalized spacial score (nSPS) is 13.1. The fourth-order valence-corrected chi connectivity index (χ4v) is 7.30. The molecule has 1 N–H and O–H groups in total. The second-order valence-corrected chi connectivity index (χ2v) is 17.7. The van der Waals surface area contributed by atoms with Crippen LogP contribution in [0.5, 0.6) is 0 Å². The number of hydrogen-bond acceptors (Lipinski definition) is 6. The van der Waals surface area contributed by atoms with E-state index < -0.39 is 18.1 Å². The molecule has 0 bridgehead atoms. The lowest BCUT2D eigenvalue weighted by atomic mass is 10.0. The van der Waals surface area contributed by atoms with Gasteiger partial charge in [-0.3, -0.25) is 9.59 Å². The number of carboxylic acids is 1. The highest BCUT2D eigenvalue weighted by molar-refractivity contribution is 5.72. The predicted molar refractivity (Wildman–Crippen MR) is 243 cm³/mol. The highest BCUT2D eigenvalue weighted by Gasteiger charge is 2.31. The molecule has 0 aliphatic carbocycles. The van der Waals surface area contributed by atoms with Gasteiger partial charge in [0.15, 0.2) is 12.1 Å². The minimum Gasteiger partial charge on any atom is -0.477 e. The largest absolute Gasteiger partial charge is 0.477 e. The maximum Gasteiger partial charge on any atom is 0.362 e. The smallest absolute Gasteiger partial charge is 0.362 e. The molecule has 0 saturated heterocycles. The van der Waals surface area contributed by atoms with Gasteiger partial charge in [-0.05, 0) is 44.9 Å². The summed E-state index contributed by atoms with van der Waals surface area (Å²) in [5, 5.41) is 9.64. The van der Waals surface area contributed by atoms with Gasteiger partial charge in [-0.2, -0.15) is 0 Å². The van der Waals surface area contributed by atoms with Crippen LogP contribution in [-0.4, -0.2) is 80.6 Å². The number of rotatable bonds is 44. The number of quaternary nitrogens is 1. The first kappa shape index (κ1) is 55.8. The molecule has 0 aromatic heterocycles. The second kappa shape index (κ2) is 41.5. The van der Waals surface area contributed by atoms with Crippen molar-refractivity contribution in [1.82, 2.24) is 0 Å². The average Bonchev–Trinajstić information content (AvgIpc) is 3.18. The zero-order valence-electron chi connectivity index (χ0n) is 38.8. The summed E-state index contributed by atoms with van der Waals surface area (Å²) in [4.78, 5) is 37.1. The molecule has 0 radical (unpaired) electrons. The fourth-order valence-electron chi connectivity index (χ4n) is 7.30. The van der Waals surface area contributed by atoms with E-state index in [-0.39, 0.29) is 36.2 Å². The van der Waals surface area contributed by atoms with E-state index in [1.807, 2.05) is 21.1 Å². The van der Waals surface area contributed by atoms with E-state index in [4.69, 9.17) is 14.2 Å². The van der Waals surface area contributed by atoms with Gasteiger partial charge in [-0.25, -0.2) is 4.79 Å². The molecular formula is C50H94NO7+. The van der Waals surface area contributed by atoms with Gasteiger partial charge in [-0.15, -0.1) is 0 Å². The lowest BCUT2D eigenvalue weighted by Gasteiger charge is -2.31. The number of aliphatic carboxylic acids is 1. The SMILES string of the molecule is CCCCC/C=C\C/C=C\CCCCCCCCCCCC(=O)OC(COCCC(C(=O)O)[N+](C)(C)C)COC(=O)CCCCCCCCCCCCCCCCC. The summed E-state index contributed by atoms with van der Waals surface area (Å²) in [6, 6.07) is -0.612. The van der Waals surface area contributed by atoms with Gasteiger partial charge in [0.2, 0.25) is 0 Å². The second-order valence-electron chi connectivity index (χ2n) is 17.7. The first-order valence-corrected chi connectivity index (χ1v) is 24.4. The van der Waals surface area contributed by atoms with Gasteiger partial charge in [0.25, 0.3) is 0 Å². The number of carbonyl (C=O) groups is 3. The van der Waals surface area contributed by atoms with E-state index in [9.17, 15) is 19.5 Å². The number of unbranched alkanes of at least 4 members (excludes halogenated alkanes) is 26. The zero-order valence-corrected chi connectivity index (χ0v) is 38.8. The summed E-state index contributed by atoms with van der Waals surface area (Å²) in [7, 11) is 5.54. The van der Waals surface area contributed by atoms with E-state index in [1.54, 1.807) is 0 Å². The van der Waals surface area contributed by atoms with E-state index in [0.717, 1.165) is 44.9 Å². The predicted octanol–water partition coefficient (Wildman–Crippen LogP) is 13.6. The topological polar surface area (TPSA) is 99.1 Å². The van der Waals surface area contributed by atoms with Crippen molar-refractivity contribution in [3.05, 3.63) is 24.3 Å². The average molecular weight is 821 g/mol. The number of carbonyl (C=O) groups excluding carboxylic acids is 2. The van der Waals surface area contributed by atoms with Crippen LogP contribution in [0.15, 0.2) is 24.3 Å². The molecule has 0 heterocycles. The number of ether oxygens (including phenoxy) is 3. The quantitative estimate of drug-likeness (QED) is 0.0283. The number of likely N-dealkylation sites (N-methyl/N-ethyl adjacent to an activating group) is 1. The van der Waals surface area contributed by atoms with Gasteiger partial charge in [0.05, 0.1) is 34.4 Å². The zero-order chi connectivity index (χ0) is 42.8. The van der Waals surface area contributed by atoms with Crippen molar-refractivity contribution in [3.63, 3.8) is 0 Å². The highest BCUT2D eigenvalue weighted by atomic mass is 16.6. The molecule has 0 saturated carbocycles. The molecule has 0 fully saturated rings. The molecule has 0 aromatic carbocycles. The van der Waals surface area contributed by atoms with Gasteiger partial charge < -0.3 is 23.8 Å². The Hall–Kier alpha value is -2.19. The van der Waals surface area contributed by atoms with Crippen molar-refractivity contribution >= 4 is 17.9 Å². The molecule has 0 aliphatic heterocycles. The molecule has 0 aromatic rings. The number of allylic oxidation sites excluding steroid dienone is 4. The van der Waals surface area contributed by atoms with Crippen molar-refractivity contribution in [1.29, 1.82) is 0 Å². The highest BCUT2D eigenvalue weighted by Crippen LogP contribution is 2.16. The Morgan fingerprint density at radius 3 is 1.36 bits per heavy atom. The molecule has 58 heavy (non-hydrogen) atoms. The number of nitrogens with zero attached hydrogens (tertiary/aromatic N) is 1. The Kier molecular flexibility index (Phi) is 40.0. The van der Waals surface area contributed by atoms with Crippen LogP contribution >= 0.6 is 0 Å². The Morgan fingerprint density at radius 1 is 0.517 bits per heavy atom. The van der Waals surface area contributed by atoms with E-state index in [1.165, 1.54) is 148 Å². The molecule has 0 aliphatic rings. The molecular weight excluding hydrogens is 727 g/mol. The Balaban J connectivity index is 4.26. The van der Waals surface area contributed by atoms with E-state index in [0.29, 0.717) is 19.3 Å². The maximum atomic E-state index is 12.8. The first-order valence-electron chi connectivity index (χ1n) is 24.4. The van der Waals surface area contributed by atoms with Crippen molar-refractivity contribution in [2.24, 2.45) is 0 Å². The third-order valence-corrected chi connectivity index (χ3v) is 11.1. The fraction of sp³-hybridized carbons (Fsp3) is 0.860. The third kappa shape index (κ3) is 39.3. The lowest BCUT2D eigenvalue weighted by molar-refractivity contribution is -0.887. The van der Waals surface area contributed by atoms with Crippen molar-refractivity contribution < 1.29 is 38.2 Å². The van der Waals surface area contributed by atoms with E-state index in [2.05, 4.69) is 38.2 Å².